The van der Waals surface area contributed by atoms with Gasteiger partial charge in [-0.1, -0.05) is 12.8 Å². The maximum Gasteiger partial charge on any atom is 0.236 e. The van der Waals surface area contributed by atoms with Crippen LogP contribution in [0.5, 0.6) is 0 Å². The Morgan fingerprint density at radius 3 is 3.00 bits per heavy atom. The van der Waals surface area contributed by atoms with Crippen molar-refractivity contribution in [2.75, 3.05) is 13.6 Å². The van der Waals surface area contributed by atoms with E-state index in [9.17, 15) is 4.79 Å². The Bertz CT molecular complexity index is 128. The minimum absolute atomic E-state index is 0.0579. The molecule has 0 radical (unpaired) electrons. The molecular formula is C8H16N2O. The van der Waals surface area contributed by atoms with Crippen LogP contribution in [0.4, 0.5) is 0 Å². The van der Waals surface area contributed by atoms with Gasteiger partial charge in [-0.25, -0.2) is 0 Å². The number of nitrogens with one attached hydrogen (secondary N) is 2. The molecule has 0 aromatic heterocycles. The van der Waals surface area contributed by atoms with Gasteiger partial charge in [-0.15, -0.1) is 0 Å². The third-order valence-corrected chi connectivity index (χ3v) is 2.12. The second-order valence-electron chi connectivity index (χ2n) is 2.97. The first-order valence-corrected chi connectivity index (χ1v) is 4.29. The Hall–Kier alpha value is -0.570. The van der Waals surface area contributed by atoms with Crippen molar-refractivity contribution in [3.05, 3.63) is 0 Å². The zero-order chi connectivity index (χ0) is 8.10. The molecule has 0 aromatic carbocycles. The molecule has 1 unspecified atom stereocenters. The summed E-state index contributed by atoms with van der Waals surface area (Å²) >= 11 is 0. The van der Waals surface area contributed by atoms with E-state index in [0.717, 1.165) is 13.0 Å². The maximum atomic E-state index is 11.1. The largest absolute Gasteiger partial charge is 0.358 e. The van der Waals surface area contributed by atoms with Gasteiger partial charge in [0, 0.05) is 7.05 Å². The molecule has 0 aromatic rings. The highest BCUT2D eigenvalue weighted by Gasteiger charge is 2.17. The Morgan fingerprint density at radius 1 is 1.45 bits per heavy atom. The number of rotatable bonds is 1. The second kappa shape index (κ2) is 4.34. The summed E-state index contributed by atoms with van der Waals surface area (Å²) in [6.07, 6.45) is 4.61. The maximum absolute atomic E-state index is 11.1. The van der Waals surface area contributed by atoms with Gasteiger partial charge in [-0.05, 0) is 19.4 Å². The van der Waals surface area contributed by atoms with E-state index in [1.165, 1.54) is 19.3 Å². The van der Waals surface area contributed by atoms with Crippen molar-refractivity contribution in [3.8, 4) is 0 Å². The van der Waals surface area contributed by atoms with E-state index in [2.05, 4.69) is 10.6 Å². The van der Waals surface area contributed by atoms with Crippen LogP contribution in [0.15, 0.2) is 0 Å². The highest BCUT2D eigenvalue weighted by Crippen LogP contribution is 2.07. The lowest BCUT2D eigenvalue weighted by Crippen LogP contribution is -2.42. The molecule has 0 saturated carbocycles. The molecule has 1 aliphatic rings. The minimum atomic E-state index is 0.0579. The minimum Gasteiger partial charge on any atom is -0.358 e. The van der Waals surface area contributed by atoms with Crippen molar-refractivity contribution in [1.29, 1.82) is 0 Å². The van der Waals surface area contributed by atoms with E-state index in [-0.39, 0.29) is 11.9 Å². The number of hydrogen-bond acceptors (Lipinski definition) is 2. The molecule has 1 heterocycles. The van der Waals surface area contributed by atoms with Crippen LogP contribution < -0.4 is 10.6 Å². The molecule has 1 rings (SSSR count). The molecule has 3 nitrogen and oxygen atoms in total. The van der Waals surface area contributed by atoms with Crippen LogP contribution in [0.1, 0.15) is 25.7 Å². The summed E-state index contributed by atoms with van der Waals surface area (Å²) in [4.78, 5) is 11.1. The summed E-state index contributed by atoms with van der Waals surface area (Å²) in [5.41, 5.74) is 0. The molecule has 1 atom stereocenters. The van der Waals surface area contributed by atoms with Crippen molar-refractivity contribution in [2.45, 2.75) is 31.7 Å². The first-order chi connectivity index (χ1) is 5.34. The average Bonchev–Trinajstić information content (AvgIpc) is 2.30. The van der Waals surface area contributed by atoms with Crippen molar-refractivity contribution < 1.29 is 4.79 Å². The molecule has 1 saturated heterocycles. The number of carbonyl (C=O) groups is 1. The molecule has 0 spiro atoms. The Balaban J connectivity index is 2.36. The van der Waals surface area contributed by atoms with Gasteiger partial charge in [0.15, 0.2) is 0 Å². The Labute approximate surface area is 67.5 Å². The monoisotopic (exact) mass is 156 g/mol. The van der Waals surface area contributed by atoms with E-state index >= 15 is 0 Å². The van der Waals surface area contributed by atoms with Gasteiger partial charge in [0.05, 0.1) is 6.04 Å². The fourth-order valence-corrected chi connectivity index (χ4v) is 1.43. The van der Waals surface area contributed by atoms with E-state index in [1.54, 1.807) is 7.05 Å². The highest BCUT2D eigenvalue weighted by atomic mass is 16.2. The smallest absolute Gasteiger partial charge is 0.236 e. The first kappa shape index (κ1) is 8.53. The lowest BCUT2D eigenvalue weighted by atomic mass is 10.1. The molecule has 11 heavy (non-hydrogen) atoms. The summed E-state index contributed by atoms with van der Waals surface area (Å²) in [5.74, 6) is 0.131. The summed E-state index contributed by atoms with van der Waals surface area (Å²) < 4.78 is 0. The topological polar surface area (TPSA) is 41.1 Å². The van der Waals surface area contributed by atoms with E-state index in [0.29, 0.717) is 0 Å². The van der Waals surface area contributed by atoms with Gasteiger partial charge in [-0.2, -0.15) is 0 Å². The fourth-order valence-electron chi connectivity index (χ4n) is 1.43. The number of carbonyl (C=O) groups excluding carboxylic acids is 1. The highest BCUT2D eigenvalue weighted by molar-refractivity contribution is 5.81. The van der Waals surface area contributed by atoms with Crippen molar-refractivity contribution in [2.24, 2.45) is 0 Å². The van der Waals surface area contributed by atoms with Gasteiger partial charge in [0.25, 0.3) is 0 Å². The molecule has 3 heteroatoms. The number of likely N-dealkylation sites (N-methyl/N-ethyl adjacent to an activating group) is 1. The molecule has 0 aliphatic carbocycles. The third-order valence-electron chi connectivity index (χ3n) is 2.12. The van der Waals surface area contributed by atoms with Crippen LogP contribution in [0, 0.1) is 0 Å². The average molecular weight is 156 g/mol. The van der Waals surface area contributed by atoms with Crippen LogP contribution in [-0.2, 0) is 4.79 Å². The molecule has 1 fully saturated rings. The van der Waals surface area contributed by atoms with Gasteiger partial charge in [-0.3, -0.25) is 4.79 Å². The quantitative estimate of drug-likeness (QED) is 0.572. The predicted octanol–water partition coefficient (Wildman–Crippen LogP) is 0.265. The molecule has 1 amide bonds. The summed E-state index contributed by atoms with van der Waals surface area (Å²) in [6.45, 7) is 0.984. The Morgan fingerprint density at radius 2 is 2.27 bits per heavy atom. The van der Waals surface area contributed by atoms with Crippen molar-refractivity contribution in [1.82, 2.24) is 10.6 Å². The lowest BCUT2D eigenvalue weighted by molar-refractivity contribution is -0.122. The molecule has 1 aliphatic heterocycles. The van der Waals surface area contributed by atoms with Crippen LogP contribution in [0.2, 0.25) is 0 Å². The van der Waals surface area contributed by atoms with Gasteiger partial charge in [0.2, 0.25) is 5.91 Å². The second-order valence-corrected chi connectivity index (χ2v) is 2.97. The first-order valence-electron chi connectivity index (χ1n) is 4.29. The van der Waals surface area contributed by atoms with Crippen LogP contribution in [-0.4, -0.2) is 25.5 Å². The fraction of sp³-hybridized carbons (Fsp3) is 0.875. The van der Waals surface area contributed by atoms with E-state index in [1.807, 2.05) is 0 Å². The number of hydrogen-bond donors (Lipinski definition) is 2. The van der Waals surface area contributed by atoms with E-state index in [4.69, 9.17) is 0 Å². The zero-order valence-corrected chi connectivity index (χ0v) is 7.02. The molecule has 0 bridgehead atoms. The summed E-state index contributed by atoms with van der Waals surface area (Å²) in [5, 5.41) is 5.88. The summed E-state index contributed by atoms with van der Waals surface area (Å²) in [6, 6.07) is 0.0579. The van der Waals surface area contributed by atoms with E-state index < -0.39 is 0 Å². The lowest BCUT2D eigenvalue weighted by Gasteiger charge is -2.12. The van der Waals surface area contributed by atoms with Crippen LogP contribution in [0.3, 0.4) is 0 Å². The van der Waals surface area contributed by atoms with Gasteiger partial charge in [0.1, 0.15) is 0 Å². The van der Waals surface area contributed by atoms with Crippen molar-refractivity contribution in [3.63, 3.8) is 0 Å². The SMILES string of the molecule is CNC(=O)C1CCCCCN1. The predicted molar refractivity (Wildman–Crippen MR) is 44.3 cm³/mol. The van der Waals surface area contributed by atoms with Crippen LogP contribution in [0.25, 0.3) is 0 Å². The van der Waals surface area contributed by atoms with Gasteiger partial charge < -0.3 is 10.6 Å². The zero-order valence-electron chi connectivity index (χ0n) is 7.02. The summed E-state index contributed by atoms with van der Waals surface area (Å²) in [7, 11) is 1.69. The van der Waals surface area contributed by atoms with Gasteiger partial charge >= 0.3 is 0 Å². The van der Waals surface area contributed by atoms with Crippen molar-refractivity contribution >= 4 is 5.91 Å². The molecule has 2 N–H and O–H groups in total. The number of amides is 1. The molecule has 64 valence electrons. The third kappa shape index (κ3) is 2.50. The standard InChI is InChI=1S/C8H16N2O/c1-9-8(11)7-5-3-2-4-6-10-7/h7,10H,2-6H2,1H3,(H,9,11). The normalized spacial score (nSPS) is 25.7. The molecular weight excluding hydrogens is 140 g/mol. The van der Waals surface area contributed by atoms with Crippen LogP contribution >= 0.6 is 0 Å². The Kier molecular flexibility index (Phi) is 3.36.